The molecule has 1 N–H and O–H groups in total. The Bertz CT molecular complexity index is 914. The van der Waals surface area contributed by atoms with Crippen LogP contribution < -0.4 is 5.32 Å². The van der Waals surface area contributed by atoms with Crippen molar-refractivity contribution in [2.75, 3.05) is 12.4 Å². The van der Waals surface area contributed by atoms with Crippen molar-refractivity contribution in [3.05, 3.63) is 41.1 Å². The van der Waals surface area contributed by atoms with Crippen LogP contribution >= 0.6 is 0 Å². The second-order valence-corrected chi connectivity index (χ2v) is 8.52. The molecule has 8 heteroatoms. The molecule has 7 nitrogen and oxygen atoms in total. The van der Waals surface area contributed by atoms with Crippen molar-refractivity contribution >= 4 is 21.8 Å². The number of fused-ring (bicyclic) bond motifs is 1. The second kappa shape index (κ2) is 5.96. The van der Waals surface area contributed by atoms with Crippen molar-refractivity contribution in [3.8, 4) is 0 Å². The van der Waals surface area contributed by atoms with E-state index in [1.165, 1.54) is 28.6 Å². The van der Waals surface area contributed by atoms with Crippen molar-refractivity contribution in [2.24, 2.45) is 0 Å². The fourth-order valence-corrected chi connectivity index (χ4v) is 4.50. The lowest BCUT2D eigenvalue weighted by Gasteiger charge is -2.16. The summed E-state index contributed by atoms with van der Waals surface area (Å²) in [6.45, 7) is 0. The lowest BCUT2D eigenvalue weighted by atomic mass is 10.2. The molecule has 1 heterocycles. The van der Waals surface area contributed by atoms with Crippen LogP contribution in [0.1, 0.15) is 40.9 Å². The maximum absolute atomic E-state index is 12.5. The highest BCUT2D eigenvalue weighted by Crippen LogP contribution is 2.31. The number of benzene rings is 1. The van der Waals surface area contributed by atoms with E-state index < -0.39 is 10.0 Å². The molecule has 1 amide bonds. The van der Waals surface area contributed by atoms with Crippen LogP contribution in [0.15, 0.2) is 33.7 Å². The molecule has 0 radical (unpaired) electrons. The zero-order chi connectivity index (χ0) is 17.6. The summed E-state index contributed by atoms with van der Waals surface area (Å²) >= 11 is 0. The predicted octanol–water partition coefficient (Wildman–Crippen LogP) is 2.20. The zero-order valence-electron chi connectivity index (χ0n) is 13.9. The van der Waals surface area contributed by atoms with Crippen LogP contribution in [-0.4, -0.2) is 36.9 Å². The summed E-state index contributed by atoms with van der Waals surface area (Å²) in [5, 5.41) is 6.68. The number of rotatable bonds is 5. The largest absolute Gasteiger partial charge is 0.338 e. The minimum absolute atomic E-state index is 0.0986. The zero-order valence-corrected chi connectivity index (χ0v) is 14.7. The van der Waals surface area contributed by atoms with E-state index in [-0.39, 0.29) is 16.8 Å². The van der Waals surface area contributed by atoms with Crippen LogP contribution in [0.3, 0.4) is 0 Å². The van der Waals surface area contributed by atoms with Crippen LogP contribution in [0.2, 0.25) is 0 Å². The topological polar surface area (TPSA) is 92.5 Å². The fourth-order valence-electron chi connectivity index (χ4n) is 3.08. The third-order valence-corrected chi connectivity index (χ3v) is 6.72. The second-order valence-electron chi connectivity index (χ2n) is 6.52. The van der Waals surface area contributed by atoms with Gasteiger partial charge in [0.05, 0.1) is 10.6 Å². The van der Waals surface area contributed by atoms with Gasteiger partial charge in [0.2, 0.25) is 15.9 Å². The first-order valence-electron chi connectivity index (χ1n) is 8.33. The number of nitrogens with one attached hydrogen (secondary N) is 1. The standard InChI is InChI=1S/C17H19N3O4S/c1-20(12-7-8-12)25(22,23)13-9-5-11(6-10-13)16(21)18-17-14-3-2-4-15(14)19-24-17/h5-6,9-10,12H,2-4,7-8H2,1H3,(H,18,21). The summed E-state index contributed by atoms with van der Waals surface area (Å²) in [4.78, 5) is 12.6. The van der Waals surface area contributed by atoms with Gasteiger partial charge in [-0.25, -0.2) is 8.42 Å². The van der Waals surface area contributed by atoms with Crippen molar-refractivity contribution in [2.45, 2.75) is 43.0 Å². The molecule has 0 spiro atoms. The summed E-state index contributed by atoms with van der Waals surface area (Å²) < 4.78 is 31.6. The summed E-state index contributed by atoms with van der Waals surface area (Å²) in [5.41, 5.74) is 2.23. The van der Waals surface area contributed by atoms with Gasteiger partial charge >= 0.3 is 0 Å². The third kappa shape index (κ3) is 2.96. The predicted molar refractivity (Wildman–Crippen MR) is 90.9 cm³/mol. The monoisotopic (exact) mass is 361 g/mol. The summed E-state index contributed by atoms with van der Waals surface area (Å²) in [6, 6.07) is 6.06. The van der Waals surface area contributed by atoms with Crippen LogP contribution in [0.25, 0.3) is 0 Å². The number of carbonyl (C=O) groups excluding carboxylic acids is 1. The van der Waals surface area contributed by atoms with Gasteiger partial charge in [-0.1, -0.05) is 5.16 Å². The van der Waals surface area contributed by atoms with E-state index in [9.17, 15) is 13.2 Å². The molecule has 2 aromatic rings. The van der Waals surface area contributed by atoms with Gasteiger partial charge in [0, 0.05) is 24.2 Å². The highest BCUT2D eigenvalue weighted by atomic mass is 32.2. The molecular formula is C17H19N3O4S. The Labute approximate surface area is 146 Å². The number of anilines is 1. The van der Waals surface area contributed by atoms with Crippen LogP contribution in [0.4, 0.5) is 5.88 Å². The average Bonchev–Trinajstić information content (AvgIpc) is 3.23. The quantitative estimate of drug-likeness (QED) is 0.881. The molecule has 25 heavy (non-hydrogen) atoms. The van der Waals surface area contributed by atoms with Crippen LogP contribution in [0.5, 0.6) is 0 Å². The van der Waals surface area contributed by atoms with E-state index >= 15 is 0 Å². The number of hydrogen-bond acceptors (Lipinski definition) is 5. The SMILES string of the molecule is CN(C1CC1)S(=O)(=O)c1ccc(C(=O)Nc2onc3c2CCC3)cc1. The van der Waals surface area contributed by atoms with E-state index in [4.69, 9.17) is 4.52 Å². The van der Waals surface area contributed by atoms with E-state index in [2.05, 4.69) is 10.5 Å². The maximum atomic E-state index is 12.5. The molecule has 0 unspecified atom stereocenters. The summed E-state index contributed by atoms with van der Waals surface area (Å²) in [5.74, 6) is 0.0491. The molecule has 0 aliphatic heterocycles. The van der Waals surface area contributed by atoms with Gasteiger partial charge in [-0.15, -0.1) is 0 Å². The lowest BCUT2D eigenvalue weighted by molar-refractivity contribution is 0.102. The molecule has 1 saturated carbocycles. The van der Waals surface area contributed by atoms with Crippen LogP contribution in [0, 0.1) is 0 Å². The molecule has 0 atom stereocenters. The summed E-state index contributed by atoms with van der Waals surface area (Å²) in [7, 11) is -1.91. The Kier molecular flexibility index (Phi) is 3.88. The number of amides is 1. The Morgan fingerprint density at radius 3 is 2.64 bits per heavy atom. The Hall–Kier alpha value is -2.19. The van der Waals surface area contributed by atoms with Crippen LogP contribution in [-0.2, 0) is 22.9 Å². The summed E-state index contributed by atoms with van der Waals surface area (Å²) in [6.07, 6.45) is 4.53. The lowest BCUT2D eigenvalue weighted by Crippen LogP contribution is -2.29. The van der Waals surface area contributed by atoms with Gasteiger partial charge in [0.15, 0.2) is 0 Å². The van der Waals surface area contributed by atoms with Gasteiger partial charge in [-0.2, -0.15) is 4.31 Å². The minimum Gasteiger partial charge on any atom is -0.338 e. The molecule has 1 aromatic heterocycles. The number of nitrogens with zero attached hydrogens (tertiary/aromatic N) is 2. The first kappa shape index (κ1) is 16.3. The van der Waals surface area contributed by atoms with Crippen molar-refractivity contribution in [1.29, 1.82) is 0 Å². The van der Waals surface area contributed by atoms with Crippen molar-refractivity contribution in [1.82, 2.24) is 9.46 Å². The van der Waals surface area contributed by atoms with Gasteiger partial charge in [-0.05, 0) is 56.4 Å². The first-order chi connectivity index (χ1) is 12.0. The highest BCUT2D eigenvalue weighted by molar-refractivity contribution is 7.89. The number of sulfonamides is 1. The average molecular weight is 361 g/mol. The normalized spacial score (nSPS) is 16.9. The number of aryl methyl sites for hydroxylation is 1. The third-order valence-electron chi connectivity index (χ3n) is 4.79. The molecule has 2 aliphatic carbocycles. The molecule has 132 valence electrons. The van der Waals surface area contributed by atoms with Crippen molar-refractivity contribution in [3.63, 3.8) is 0 Å². The van der Waals surface area contributed by atoms with Crippen molar-refractivity contribution < 1.29 is 17.7 Å². The number of aromatic nitrogens is 1. The van der Waals surface area contributed by atoms with E-state index in [1.807, 2.05) is 0 Å². The Morgan fingerprint density at radius 1 is 1.24 bits per heavy atom. The first-order valence-corrected chi connectivity index (χ1v) is 9.77. The van der Waals surface area contributed by atoms with Gasteiger partial charge in [0.1, 0.15) is 0 Å². The minimum atomic E-state index is -3.50. The Morgan fingerprint density at radius 2 is 1.96 bits per heavy atom. The van der Waals surface area contributed by atoms with E-state index in [1.54, 1.807) is 7.05 Å². The Balaban J connectivity index is 1.50. The smallest absolute Gasteiger partial charge is 0.258 e. The van der Waals surface area contributed by atoms with E-state index in [0.717, 1.165) is 43.4 Å². The van der Waals surface area contributed by atoms with Gasteiger partial charge in [-0.3, -0.25) is 10.1 Å². The van der Waals surface area contributed by atoms with Gasteiger partial charge < -0.3 is 4.52 Å². The molecule has 0 bridgehead atoms. The number of hydrogen-bond donors (Lipinski definition) is 1. The molecule has 1 aromatic carbocycles. The maximum Gasteiger partial charge on any atom is 0.258 e. The number of carbonyl (C=O) groups is 1. The van der Waals surface area contributed by atoms with Gasteiger partial charge in [0.25, 0.3) is 5.91 Å². The van der Waals surface area contributed by atoms with E-state index in [0.29, 0.717) is 11.4 Å². The fraction of sp³-hybridized carbons (Fsp3) is 0.412. The molecule has 0 saturated heterocycles. The molecule has 2 aliphatic rings. The highest BCUT2D eigenvalue weighted by Gasteiger charge is 2.35. The molecular weight excluding hydrogens is 342 g/mol. The molecule has 1 fully saturated rings. The molecule has 4 rings (SSSR count).